The third kappa shape index (κ3) is 2.60. The molecule has 1 aliphatic heterocycles. The van der Waals surface area contributed by atoms with Crippen molar-refractivity contribution in [1.29, 1.82) is 0 Å². The summed E-state index contributed by atoms with van der Waals surface area (Å²) in [7, 11) is 0. The molecule has 0 aromatic heterocycles. The number of aliphatic hydroxyl groups is 1. The van der Waals surface area contributed by atoms with Gasteiger partial charge in [0.15, 0.2) is 0 Å². The molecule has 1 heterocycles. The molecule has 0 spiro atoms. The molecule has 2 rings (SSSR count). The smallest absolute Gasteiger partial charge is 0.0676 e. The average molecular weight is 226 g/mol. The summed E-state index contributed by atoms with van der Waals surface area (Å²) in [6.07, 6.45) is 8.27. The molecule has 0 amide bonds. The Hall–Kier alpha value is -0.0800. The fraction of sp³-hybridized carbons (Fsp3) is 1.00. The van der Waals surface area contributed by atoms with E-state index in [-0.39, 0.29) is 0 Å². The highest BCUT2D eigenvalue weighted by Crippen LogP contribution is 2.41. The number of hydrogen-bond donors (Lipinski definition) is 1. The van der Waals surface area contributed by atoms with Gasteiger partial charge in [0.25, 0.3) is 0 Å². The Kier molecular flexibility index (Phi) is 3.91. The average Bonchev–Trinajstić information content (AvgIpc) is 2.76. The Bertz CT molecular complexity index is 223. The van der Waals surface area contributed by atoms with Gasteiger partial charge in [-0.1, -0.05) is 26.7 Å². The maximum atomic E-state index is 10.7. The van der Waals surface area contributed by atoms with Crippen LogP contribution < -0.4 is 0 Å². The molecule has 16 heavy (non-hydrogen) atoms. The van der Waals surface area contributed by atoms with Crippen molar-refractivity contribution >= 4 is 0 Å². The lowest BCUT2D eigenvalue weighted by Gasteiger charge is -2.42. The highest BCUT2D eigenvalue weighted by Gasteiger charge is 2.39. The molecule has 1 saturated carbocycles. The second-order valence-corrected chi connectivity index (χ2v) is 5.94. The topological polar surface area (TPSA) is 29.5 Å². The zero-order valence-electron chi connectivity index (χ0n) is 10.7. The standard InChI is InChI=1S/C14H26O2/c1-11-5-3-8-14(15,12(11)2)9-7-13-6-4-10-16-13/h11-13,15H,3-10H2,1-2H3. The molecule has 0 aromatic rings. The summed E-state index contributed by atoms with van der Waals surface area (Å²) >= 11 is 0. The third-order valence-corrected chi connectivity index (χ3v) is 4.89. The van der Waals surface area contributed by atoms with E-state index in [0.29, 0.717) is 17.9 Å². The van der Waals surface area contributed by atoms with Crippen molar-refractivity contribution in [3.63, 3.8) is 0 Å². The van der Waals surface area contributed by atoms with E-state index in [4.69, 9.17) is 4.74 Å². The van der Waals surface area contributed by atoms with Crippen LogP contribution in [-0.2, 0) is 4.74 Å². The molecule has 2 nitrogen and oxygen atoms in total. The van der Waals surface area contributed by atoms with E-state index in [0.717, 1.165) is 25.9 Å². The Morgan fingerprint density at radius 1 is 1.25 bits per heavy atom. The summed E-state index contributed by atoms with van der Waals surface area (Å²) in [5.74, 6) is 1.12. The van der Waals surface area contributed by atoms with Crippen molar-refractivity contribution in [3.8, 4) is 0 Å². The minimum atomic E-state index is -0.413. The van der Waals surface area contributed by atoms with Crippen LogP contribution in [0.15, 0.2) is 0 Å². The van der Waals surface area contributed by atoms with E-state index in [9.17, 15) is 5.11 Å². The first-order chi connectivity index (χ1) is 7.62. The third-order valence-electron chi connectivity index (χ3n) is 4.89. The van der Waals surface area contributed by atoms with Crippen LogP contribution in [0.3, 0.4) is 0 Å². The van der Waals surface area contributed by atoms with Gasteiger partial charge in [-0.2, -0.15) is 0 Å². The van der Waals surface area contributed by atoms with Crippen molar-refractivity contribution in [1.82, 2.24) is 0 Å². The fourth-order valence-corrected chi connectivity index (χ4v) is 3.37. The normalized spacial score (nSPS) is 44.8. The van der Waals surface area contributed by atoms with Gasteiger partial charge in [0.1, 0.15) is 0 Å². The van der Waals surface area contributed by atoms with Gasteiger partial charge in [-0.3, -0.25) is 0 Å². The van der Waals surface area contributed by atoms with Crippen LogP contribution in [0, 0.1) is 11.8 Å². The van der Waals surface area contributed by atoms with Gasteiger partial charge >= 0.3 is 0 Å². The first kappa shape index (κ1) is 12.4. The molecule has 4 unspecified atom stereocenters. The molecule has 4 atom stereocenters. The lowest BCUT2D eigenvalue weighted by molar-refractivity contribution is -0.0766. The van der Waals surface area contributed by atoms with Crippen molar-refractivity contribution in [2.75, 3.05) is 6.61 Å². The van der Waals surface area contributed by atoms with Gasteiger partial charge in [-0.05, 0) is 43.9 Å². The van der Waals surface area contributed by atoms with Gasteiger partial charge in [0.05, 0.1) is 11.7 Å². The molecule has 1 saturated heterocycles. The lowest BCUT2D eigenvalue weighted by Crippen LogP contribution is -2.43. The van der Waals surface area contributed by atoms with Crippen molar-refractivity contribution in [2.24, 2.45) is 11.8 Å². The van der Waals surface area contributed by atoms with Gasteiger partial charge < -0.3 is 9.84 Å². The molecule has 2 aliphatic rings. The Balaban J connectivity index is 1.85. The molecule has 2 fully saturated rings. The van der Waals surface area contributed by atoms with Gasteiger partial charge in [0, 0.05) is 6.61 Å². The highest BCUT2D eigenvalue weighted by atomic mass is 16.5. The summed E-state index contributed by atoms with van der Waals surface area (Å²) in [5, 5.41) is 10.7. The SMILES string of the molecule is CC1CCCC(O)(CCC2CCCO2)C1C. The zero-order valence-corrected chi connectivity index (χ0v) is 10.7. The molecule has 1 aliphatic carbocycles. The van der Waals surface area contributed by atoms with E-state index in [2.05, 4.69) is 13.8 Å². The molecule has 1 N–H and O–H groups in total. The summed E-state index contributed by atoms with van der Waals surface area (Å²) in [6.45, 7) is 5.43. The van der Waals surface area contributed by atoms with E-state index in [1.54, 1.807) is 0 Å². The minimum absolute atomic E-state index is 0.413. The second-order valence-electron chi connectivity index (χ2n) is 5.94. The number of ether oxygens (including phenoxy) is 1. The molecular formula is C14H26O2. The van der Waals surface area contributed by atoms with Crippen LogP contribution in [0.2, 0.25) is 0 Å². The molecule has 0 bridgehead atoms. The van der Waals surface area contributed by atoms with Crippen molar-refractivity contribution in [2.45, 2.75) is 70.5 Å². The zero-order chi connectivity index (χ0) is 11.6. The van der Waals surface area contributed by atoms with Crippen LogP contribution in [0.1, 0.15) is 58.8 Å². The van der Waals surface area contributed by atoms with Gasteiger partial charge in [0.2, 0.25) is 0 Å². The molecule has 0 aromatic carbocycles. The van der Waals surface area contributed by atoms with Crippen LogP contribution >= 0.6 is 0 Å². The Morgan fingerprint density at radius 2 is 2.06 bits per heavy atom. The summed E-state index contributed by atoms with van der Waals surface area (Å²) < 4.78 is 5.64. The fourth-order valence-electron chi connectivity index (χ4n) is 3.37. The maximum absolute atomic E-state index is 10.7. The highest BCUT2D eigenvalue weighted by molar-refractivity contribution is 4.91. The van der Waals surface area contributed by atoms with Gasteiger partial charge in [-0.15, -0.1) is 0 Å². The number of hydrogen-bond acceptors (Lipinski definition) is 2. The Labute approximate surface area is 99.4 Å². The maximum Gasteiger partial charge on any atom is 0.0676 e. The Morgan fingerprint density at radius 3 is 2.75 bits per heavy atom. The van der Waals surface area contributed by atoms with Crippen LogP contribution in [0.25, 0.3) is 0 Å². The second kappa shape index (κ2) is 5.05. The van der Waals surface area contributed by atoms with E-state index < -0.39 is 5.60 Å². The quantitative estimate of drug-likeness (QED) is 0.801. The van der Waals surface area contributed by atoms with Gasteiger partial charge in [-0.25, -0.2) is 0 Å². The van der Waals surface area contributed by atoms with Crippen LogP contribution in [0.4, 0.5) is 0 Å². The monoisotopic (exact) mass is 226 g/mol. The molecule has 2 heteroatoms. The van der Waals surface area contributed by atoms with E-state index in [1.165, 1.54) is 25.7 Å². The summed E-state index contributed by atoms with van der Waals surface area (Å²) in [6, 6.07) is 0. The molecular weight excluding hydrogens is 200 g/mol. The van der Waals surface area contributed by atoms with E-state index in [1.807, 2.05) is 0 Å². The van der Waals surface area contributed by atoms with Crippen LogP contribution in [-0.4, -0.2) is 23.4 Å². The largest absolute Gasteiger partial charge is 0.390 e. The first-order valence-corrected chi connectivity index (χ1v) is 6.96. The predicted molar refractivity (Wildman–Crippen MR) is 65.3 cm³/mol. The van der Waals surface area contributed by atoms with Crippen molar-refractivity contribution in [3.05, 3.63) is 0 Å². The minimum Gasteiger partial charge on any atom is -0.390 e. The predicted octanol–water partition coefficient (Wildman–Crippen LogP) is 3.13. The summed E-state index contributed by atoms with van der Waals surface area (Å²) in [5.41, 5.74) is -0.413. The molecule has 94 valence electrons. The summed E-state index contributed by atoms with van der Waals surface area (Å²) in [4.78, 5) is 0. The van der Waals surface area contributed by atoms with Crippen molar-refractivity contribution < 1.29 is 9.84 Å². The first-order valence-electron chi connectivity index (χ1n) is 6.96. The lowest BCUT2D eigenvalue weighted by atomic mass is 9.68. The van der Waals surface area contributed by atoms with Crippen LogP contribution in [0.5, 0.6) is 0 Å². The van der Waals surface area contributed by atoms with E-state index >= 15 is 0 Å². The molecule has 0 radical (unpaired) electrons. The number of rotatable bonds is 3.